The van der Waals surface area contributed by atoms with Crippen molar-refractivity contribution < 1.29 is 29.3 Å². The SMILES string of the molecule is COc1cc(C=CC(=O)OCc2ccc(CCO[N+](=O)[O-])cc2)ccc1O. The zero-order valence-corrected chi connectivity index (χ0v) is 14.7. The predicted octanol–water partition coefficient (Wildman–Crippen LogP) is 2.91. The molecule has 0 bridgehead atoms. The Morgan fingerprint density at radius 2 is 1.89 bits per heavy atom. The van der Waals surface area contributed by atoms with Gasteiger partial charge in [0.05, 0.1) is 7.11 Å². The largest absolute Gasteiger partial charge is 0.504 e. The average molecular weight is 373 g/mol. The monoisotopic (exact) mass is 373 g/mol. The molecule has 2 aromatic rings. The fourth-order valence-electron chi connectivity index (χ4n) is 2.20. The predicted molar refractivity (Wildman–Crippen MR) is 96.6 cm³/mol. The minimum atomic E-state index is -0.824. The number of phenolic OH excluding ortho intramolecular Hbond substituents is 1. The van der Waals surface area contributed by atoms with Gasteiger partial charge in [0.1, 0.15) is 13.2 Å². The van der Waals surface area contributed by atoms with E-state index in [-0.39, 0.29) is 19.0 Å². The Balaban J connectivity index is 1.82. The molecule has 27 heavy (non-hydrogen) atoms. The van der Waals surface area contributed by atoms with Crippen LogP contribution in [-0.2, 0) is 27.4 Å². The number of nitrogens with zero attached hydrogens (tertiary/aromatic N) is 1. The Bertz CT molecular complexity index is 815. The van der Waals surface area contributed by atoms with Crippen molar-refractivity contribution in [3.63, 3.8) is 0 Å². The molecule has 0 aliphatic rings. The van der Waals surface area contributed by atoms with Gasteiger partial charge in [0.25, 0.3) is 5.09 Å². The zero-order chi connectivity index (χ0) is 19.6. The van der Waals surface area contributed by atoms with Gasteiger partial charge in [0, 0.05) is 6.08 Å². The molecule has 0 heterocycles. The average Bonchev–Trinajstić information content (AvgIpc) is 2.66. The normalized spacial score (nSPS) is 10.6. The first-order valence-electron chi connectivity index (χ1n) is 8.05. The third-order valence-electron chi connectivity index (χ3n) is 3.61. The van der Waals surface area contributed by atoms with E-state index in [1.165, 1.54) is 19.3 Å². The Kier molecular flexibility index (Phi) is 7.18. The second kappa shape index (κ2) is 9.81. The fourth-order valence-corrected chi connectivity index (χ4v) is 2.20. The number of ether oxygens (including phenoxy) is 2. The maximum absolute atomic E-state index is 11.8. The van der Waals surface area contributed by atoms with Crippen molar-refractivity contribution in [1.29, 1.82) is 0 Å². The highest BCUT2D eigenvalue weighted by Crippen LogP contribution is 2.26. The summed E-state index contributed by atoms with van der Waals surface area (Å²) in [4.78, 5) is 26.2. The van der Waals surface area contributed by atoms with Crippen LogP contribution in [0.3, 0.4) is 0 Å². The molecule has 0 radical (unpaired) electrons. The van der Waals surface area contributed by atoms with Crippen molar-refractivity contribution in [2.45, 2.75) is 13.0 Å². The van der Waals surface area contributed by atoms with Crippen LogP contribution < -0.4 is 4.74 Å². The maximum atomic E-state index is 11.8. The number of phenols is 1. The first-order valence-corrected chi connectivity index (χ1v) is 8.05. The number of rotatable bonds is 9. The summed E-state index contributed by atoms with van der Waals surface area (Å²) in [7, 11) is 1.44. The molecule has 0 saturated heterocycles. The lowest BCUT2D eigenvalue weighted by atomic mass is 10.1. The molecular formula is C19H19NO7. The molecule has 0 saturated carbocycles. The van der Waals surface area contributed by atoms with Crippen LogP contribution in [0.15, 0.2) is 48.5 Å². The lowest BCUT2D eigenvalue weighted by molar-refractivity contribution is -0.757. The Labute approximate surface area is 155 Å². The molecule has 0 aliphatic carbocycles. The van der Waals surface area contributed by atoms with Gasteiger partial charge < -0.3 is 19.4 Å². The van der Waals surface area contributed by atoms with E-state index in [1.807, 2.05) is 0 Å². The number of benzene rings is 2. The topological polar surface area (TPSA) is 108 Å². The van der Waals surface area contributed by atoms with Gasteiger partial charge in [-0.05, 0) is 41.3 Å². The lowest BCUT2D eigenvalue weighted by Crippen LogP contribution is -2.05. The molecule has 8 heteroatoms. The molecule has 0 amide bonds. The van der Waals surface area contributed by atoms with Gasteiger partial charge in [-0.15, -0.1) is 10.1 Å². The van der Waals surface area contributed by atoms with Gasteiger partial charge in [-0.1, -0.05) is 30.3 Å². The standard InChI is InChI=1S/C19H19NO7/c1-25-18-12-15(6-8-17(18)21)7-9-19(22)26-13-16-4-2-14(3-5-16)10-11-27-20(23)24/h2-9,12,21H,10-11,13H2,1H3. The molecule has 0 fully saturated rings. The highest BCUT2D eigenvalue weighted by atomic mass is 16.9. The number of hydrogen-bond acceptors (Lipinski definition) is 7. The van der Waals surface area contributed by atoms with Crippen molar-refractivity contribution in [1.82, 2.24) is 0 Å². The van der Waals surface area contributed by atoms with Crippen molar-refractivity contribution >= 4 is 12.0 Å². The Morgan fingerprint density at radius 3 is 2.56 bits per heavy atom. The van der Waals surface area contributed by atoms with Crippen LogP contribution in [0.2, 0.25) is 0 Å². The third kappa shape index (κ3) is 6.69. The van der Waals surface area contributed by atoms with E-state index in [9.17, 15) is 20.0 Å². The third-order valence-corrected chi connectivity index (χ3v) is 3.61. The summed E-state index contributed by atoms with van der Waals surface area (Å²) < 4.78 is 10.2. The van der Waals surface area contributed by atoms with E-state index in [0.717, 1.165) is 11.1 Å². The highest BCUT2D eigenvalue weighted by Gasteiger charge is 2.03. The van der Waals surface area contributed by atoms with E-state index in [2.05, 4.69) is 4.84 Å². The van der Waals surface area contributed by atoms with E-state index < -0.39 is 11.1 Å². The van der Waals surface area contributed by atoms with Crippen LogP contribution in [0.1, 0.15) is 16.7 Å². The molecule has 8 nitrogen and oxygen atoms in total. The summed E-state index contributed by atoms with van der Waals surface area (Å²) in [5.74, 6) is -0.176. The van der Waals surface area contributed by atoms with Crippen molar-refractivity contribution in [3.8, 4) is 11.5 Å². The lowest BCUT2D eigenvalue weighted by Gasteiger charge is -2.05. The smallest absolute Gasteiger partial charge is 0.331 e. The van der Waals surface area contributed by atoms with E-state index >= 15 is 0 Å². The number of esters is 1. The Hall–Kier alpha value is -3.55. The van der Waals surface area contributed by atoms with Crippen LogP contribution in [0.5, 0.6) is 11.5 Å². The molecule has 0 unspecified atom stereocenters. The Morgan fingerprint density at radius 1 is 1.19 bits per heavy atom. The number of methoxy groups -OCH3 is 1. The minimum Gasteiger partial charge on any atom is -0.504 e. The van der Waals surface area contributed by atoms with Gasteiger partial charge in [-0.2, -0.15) is 0 Å². The quantitative estimate of drug-likeness (QED) is 0.311. The molecule has 0 atom stereocenters. The molecule has 142 valence electrons. The van der Waals surface area contributed by atoms with E-state index in [0.29, 0.717) is 17.7 Å². The van der Waals surface area contributed by atoms with Crippen LogP contribution in [0.4, 0.5) is 0 Å². The summed E-state index contributed by atoms with van der Waals surface area (Å²) in [6.07, 6.45) is 3.26. The number of carbonyl (C=O) groups excluding carboxylic acids is 1. The van der Waals surface area contributed by atoms with E-state index in [4.69, 9.17) is 9.47 Å². The summed E-state index contributed by atoms with van der Waals surface area (Å²) in [5, 5.41) is 18.8. The maximum Gasteiger partial charge on any atom is 0.331 e. The zero-order valence-electron chi connectivity index (χ0n) is 14.7. The number of hydrogen-bond donors (Lipinski definition) is 1. The van der Waals surface area contributed by atoms with Crippen LogP contribution in [-0.4, -0.2) is 29.9 Å². The second-order valence-electron chi connectivity index (χ2n) is 5.50. The molecule has 0 aromatic heterocycles. The highest BCUT2D eigenvalue weighted by molar-refractivity contribution is 5.87. The summed E-state index contributed by atoms with van der Waals surface area (Å²) in [6, 6.07) is 11.9. The first-order chi connectivity index (χ1) is 13.0. The molecule has 2 aromatic carbocycles. The van der Waals surface area contributed by atoms with Crippen LogP contribution >= 0.6 is 0 Å². The fraction of sp³-hybridized carbons (Fsp3) is 0.211. The van der Waals surface area contributed by atoms with Gasteiger partial charge in [-0.3, -0.25) is 0 Å². The molecule has 0 spiro atoms. The molecule has 2 rings (SSSR count). The van der Waals surface area contributed by atoms with Gasteiger partial charge >= 0.3 is 5.97 Å². The van der Waals surface area contributed by atoms with Gasteiger partial charge in [0.15, 0.2) is 11.5 Å². The van der Waals surface area contributed by atoms with Crippen LogP contribution in [0.25, 0.3) is 6.08 Å². The molecule has 1 N–H and O–H groups in total. The number of carbonyl (C=O) groups is 1. The molecule has 0 aliphatic heterocycles. The number of aromatic hydroxyl groups is 1. The van der Waals surface area contributed by atoms with Gasteiger partial charge in [-0.25, -0.2) is 4.79 Å². The van der Waals surface area contributed by atoms with E-state index in [1.54, 1.807) is 42.5 Å². The summed E-state index contributed by atoms with van der Waals surface area (Å²) >= 11 is 0. The van der Waals surface area contributed by atoms with Crippen LogP contribution in [0, 0.1) is 10.1 Å². The summed E-state index contributed by atoms with van der Waals surface area (Å²) in [6.45, 7) is 0.0991. The molecular weight excluding hydrogens is 354 g/mol. The van der Waals surface area contributed by atoms with Gasteiger partial charge in [0.2, 0.25) is 0 Å². The first kappa shape index (κ1) is 19.8. The second-order valence-corrected chi connectivity index (χ2v) is 5.50. The van der Waals surface area contributed by atoms with Crippen molar-refractivity contribution in [2.24, 2.45) is 0 Å². The summed E-state index contributed by atoms with van der Waals surface area (Å²) in [5.41, 5.74) is 2.36. The minimum absolute atomic E-state index is 0.00578. The van der Waals surface area contributed by atoms with Crippen molar-refractivity contribution in [3.05, 3.63) is 75.3 Å². The van der Waals surface area contributed by atoms with Crippen molar-refractivity contribution in [2.75, 3.05) is 13.7 Å².